The number of carbonyl (C=O) groups is 3. The zero-order valence-electron chi connectivity index (χ0n) is 22.0. The number of hydrogen-bond donors (Lipinski definition) is 1. The van der Waals surface area contributed by atoms with Gasteiger partial charge in [-0.2, -0.15) is 0 Å². The predicted molar refractivity (Wildman–Crippen MR) is 148 cm³/mol. The molecule has 7 nitrogen and oxygen atoms in total. The van der Waals surface area contributed by atoms with Gasteiger partial charge in [0.1, 0.15) is 16.9 Å². The zero-order valence-corrected chi connectivity index (χ0v) is 22.8. The SMILES string of the molecule is Cc1cccc(C(=O)OSOC(=O)c2ccccc2)c1C1=C(O)CC(CCC(C)C)(c2ccccc2)OC1=O. The van der Waals surface area contributed by atoms with Crippen molar-refractivity contribution in [3.8, 4) is 0 Å². The van der Waals surface area contributed by atoms with Gasteiger partial charge >= 0.3 is 17.9 Å². The second kappa shape index (κ2) is 12.2. The first-order chi connectivity index (χ1) is 18.7. The van der Waals surface area contributed by atoms with Crippen LogP contribution in [0.4, 0.5) is 0 Å². The highest BCUT2D eigenvalue weighted by atomic mass is 32.2. The lowest BCUT2D eigenvalue weighted by Crippen LogP contribution is -2.38. The smallest absolute Gasteiger partial charge is 0.353 e. The fourth-order valence-electron chi connectivity index (χ4n) is 4.61. The van der Waals surface area contributed by atoms with Gasteiger partial charge in [0.15, 0.2) is 0 Å². The van der Waals surface area contributed by atoms with Gasteiger partial charge in [-0.1, -0.05) is 74.5 Å². The monoisotopic (exact) mass is 546 g/mol. The second-order valence-electron chi connectivity index (χ2n) is 9.85. The highest BCUT2D eigenvalue weighted by molar-refractivity contribution is 7.90. The summed E-state index contributed by atoms with van der Waals surface area (Å²) in [5.41, 5.74) is 0.811. The normalized spacial score (nSPS) is 17.1. The third-order valence-electron chi connectivity index (χ3n) is 6.63. The van der Waals surface area contributed by atoms with Crippen LogP contribution in [0.1, 0.15) is 70.5 Å². The van der Waals surface area contributed by atoms with E-state index in [-0.39, 0.29) is 41.2 Å². The number of cyclic esters (lactones) is 1. The van der Waals surface area contributed by atoms with E-state index in [0.717, 1.165) is 12.0 Å². The van der Waals surface area contributed by atoms with Crippen molar-refractivity contribution in [1.82, 2.24) is 0 Å². The maximum absolute atomic E-state index is 13.6. The summed E-state index contributed by atoms with van der Waals surface area (Å²) in [5, 5.41) is 11.3. The lowest BCUT2D eigenvalue weighted by Gasteiger charge is -2.38. The van der Waals surface area contributed by atoms with E-state index in [0.29, 0.717) is 23.5 Å². The van der Waals surface area contributed by atoms with Crippen molar-refractivity contribution >= 4 is 35.8 Å². The molecule has 0 saturated carbocycles. The minimum atomic E-state index is -1.03. The molecule has 3 aromatic rings. The molecular formula is C31H30O7S. The van der Waals surface area contributed by atoms with E-state index >= 15 is 0 Å². The number of benzene rings is 3. The van der Waals surface area contributed by atoms with Crippen LogP contribution in [0.25, 0.3) is 5.57 Å². The molecule has 0 aliphatic carbocycles. The molecule has 0 aromatic heterocycles. The molecule has 0 bridgehead atoms. The Morgan fingerprint density at radius 3 is 2.23 bits per heavy atom. The number of aliphatic hydroxyl groups excluding tert-OH is 1. The maximum Gasteiger partial charge on any atom is 0.353 e. The number of ether oxygens (including phenoxy) is 1. The van der Waals surface area contributed by atoms with E-state index in [1.54, 1.807) is 49.4 Å². The Bertz CT molecular complexity index is 1380. The second-order valence-corrected chi connectivity index (χ2v) is 10.3. The fraction of sp³-hybridized carbons (Fsp3) is 0.258. The van der Waals surface area contributed by atoms with Crippen molar-refractivity contribution in [3.05, 3.63) is 112 Å². The summed E-state index contributed by atoms with van der Waals surface area (Å²) in [6, 6.07) is 22.5. The molecule has 1 aliphatic heterocycles. The molecule has 39 heavy (non-hydrogen) atoms. The zero-order chi connectivity index (χ0) is 28.0. The van der Waals surface area contributed by atoms with Gasteiger partial charge in [0.2, 0.25) is 0 Å². The van der Waals surface area contributed by atoms with Gasteiger partial charge in [0.25, 0.3) is 12.3 Å². The van der Waals surface area contributed by atoms with Crippen LogP contribution in [0.15, 0.2) is 84.6 Å². The standard InChI is InChI=1S/C31H30O7S/c1-20(2)17-18-31(23-14-8-5-9-15-23)19-25(32)27(30(35)36-31)26-21(3)11-10-16-24(26)29(34)38-39-37-28(33)22-12-6-4-7-13-22/h4-16,20,32H,17-19H2,1-3H3. The van der Waals surface area contributed by atoms with Crippen LogP contribution in [-0.2, 0) is 23.5 Å². The molecule has 8 heteroatoms. The first kappa shape index (κ1) is 28.0. The molecule has 1 unspecified atom stereocenters. The Balaban J connectivity index is 1.61. The summed E-state index contributed by atoms with van der Waals surface area (Å²) in [4.78, 5) is 38.7. The van der Waals surface area contributed by atoms with E-state index in [9.17, 15) is 19.5 Å². The molecule has 1 atom stereocenters. The lowest BCUT2D eigenvalue weighted by molar-refractivity contribution is -0.158. The minimum Gasteiger partial charge on any atom is -0.511 e. The number of rotatable bonds is 9. The third-order valence-corrected chi connectivity index (χ3v) is 7.07. The van der Waals surface area contributed by atoms with Crippen LogP contribution in [-0.4, -0.2) is 23.0 Å². The molecule has 3 aromatic carbocycles. The average molecular weight is 547 g/mol. The summed E-state index contributed by atoms with van der Waals surface area (Å²) >= 11 is 0.234. The topological polar surface area (TPSA) is 99.1 Å². The maximum atomic E-state index is 13.6. The van der Waals surface area contributed by atoms with E-state index < -0.39 is 23.5 Å². The third kappa shape index (κ3) is 6.34. The summed E-state index contributed by atoms with van der Waals surface area (Å²) in [7, 11) is 0. The van der Waals surface area contributed by atoms with Gasteiger partial charge in [0, 0.05) is 5.56 Å². The first-order valence-corrected chi connectivity index (χ1v) is 13.3. The van der Waals surface area contributed by atoms with E-state index in [4.69, 9.17) is 13.1 Å². The Hall–Kier alpha value is -4.04. The van der Waals surface area contributed by atoms with Crippen LogP contribution in [0.3, 0.4) is 0 Å². The van der Waals surface area contributed by atoms with Crippen LogP contribution in [0, 0.1) is 12.8 Å². The largest absolute Gasteiger partial charge is 0.511 e. The molecule has 0 saturated heterocycles. The fourth-order valence-corrected chi connectivity index (χ4v) is 4.96. The van der Waals surface area contributed by atoms with Gasteiger partial charge in [-0.3, -0.25) is 0 Å². The van der Waals surface area contributed by atoms with Gasteiger partial charge in [0.05, 0.1) is 17.5 Å². The number of carbonyl (C=O) groups excluding carboxylic acids is 3. The molecular weight excluding hydrogens is 516 g/mol. The van der Waals surface area contributed by atoms with Crippen molar-refractivity contribution in [3.63, 3.8) is 0 Å². The van der Waals surface area contributed by atoms with Crippen molar-refractivity contribution in [1.29, 1.82) is 0 Å². The first-order valence-electron chi connectivity index (χ1n) is 12.7. The minimum absolute atomic E-state index is 0.0335. The molecule has 0 spiro atoms. The van der Waals surface area contributed by atoms with Crippen LogP contribution in [0.5, 0.6) is 0 Å². The summed E-state index contributed by atoms with van der Waals surface area (Å²) in [5.74, 6) is -2.04. The van der Waals surface area contributed by atoms with Gasteiger partial charge < -0.3 is 18.2 Å². The van der Waals surface area contributed by atoms with Crippen molar-refractivity contribution in [2.24, 2.45) is 5.92 Å². The van der Waals surface area contributed by atoms with Crippen molar-refractivity contribution in [2.75, 3.05) is 0 Å². The number of aliphatic hydroxyl groups is 1. The molecule has 1 aliphatic rings. The molecule has 202 valence electrons. The van der Waals surface area contributed by atoms with E-state index in [1.807, 2.05) is 30.3 Å². The van der Waals surface area contributed by atoms with Gasteiger partial charge in [-0.05, 0) is 55.0 Å². The van der Waals surface area contributed by atoms with Crippen LogP contribution < -0.4 is 0 Å². The number of esters is 1. The van der Waals surface area contributed by atoms with Gasteiger partial charge in [-0.15, -0.1) is 0 Å². The van der Waals surface area contributed by atoms with Crippen LogP contribution in [0.2, 0.25) is 0 Å². The summed E-state index contributed by atoms with van der Waals surface area (Å²) in [6.45, 7) is 5.90. The predicted octanol–water partition coefficient (Wildman–Crippen LogP) is 7.12. The van der Waals surface area contributed by atoms with Crippen molar-refractivity contribution in [2.45, 2.75) is 45.6 Å². The molecule has 4 rings (SSSR count). The average Bonchev–Trinajstić information content (AvgIpc) is 2.93. The molecule has 1 N–H and O–H groups in total. The molecule has 0 amide bonds. The quantitative estimate of drug-likeness (QED) is 0.224. The number of hydrogen-bond acceptors (Lipinski definition) is 8. The Labute approximate surface area is 232 Å². The molecule has 0 fully saturated rings. The Morgan fingerprint density at radius 1 is 0.949 bits per heavy atom. The summed E-state index contributed by atoms with van der Waals surface area (Å²) < 4.78 is 16.2. The van der Waals surface area contributed by atoms with Crippen LogP contribution >= 0.6 is 12.3 Å². The van der Waals surface area contributed by atoms with Gasteiger partial charge in [-0.25, -0.2) is 14.4 Å². The molecule has 0 radical (unpaired) electrons. The van der Waals surface area contributed by atoms with Crippen molar-refractivity contribution < 1.29 is 32.6 Å². The Kier molecular flexibility index (Phi) is 8.76. The highest BCUT2D eigenvalue weighted by Crippen LogP contribution is 2.45. The lowest BCUT2D eigenvalue weighted by atomic mass is 9.79. The van der Waals surface area contributed by atoms with E-state index in [2.05, 4.69) is 13.8 Å². The number of aryl methyl sites for hydroxylation is 1. The summed E-state index contributed by atoms with van der Waals surface area (Å²) in [6.07, 6.45) is 1.38. The Morgan fingerprint density at radius 2 is 1.59 bits per heavy atom. The molecule has 1 heterocycles. The van der Waals surface area contributed by atoms with E-state index in [1.165, 1.54) is 6.07 Å². The highest BCUT2D eigenvalue weighted by Gasteiger charge is 2.44.